The minimum atomic E-state index is 0.0837. The minimum absolute atomic E-state index is 0.0837. The van der Waals surface area contributed by atoms with Gasteiger partial charge in [-0.25, -0.2) is 0 Å². The molecule has 0 aliphatic carbocycles. The van der Waals surface area contributed by atoms with Crippen LogP contribution in [0.1, 0.15) is 78.1 Å². The van der Waals surface area contributed by atoms with Crippen LogP contribution < -0.4 is 0 Å². The summed E-state index contributed by atoms with van der Waals surface area (Å²) in [6, 6.07) is 33.9. The summed E-state index contributed by atoms with van der Waals surface area (Å²) >= 11 is 0. The molecule has 4 rings (SSSR count). The summed E-state index contributed by atoms with van der Waals surface area (Å²) in [7, 11) is 0. The molecule has 0 aliphatic rings. The summed E-state index contributed by atoms with van der Waals surface area (Å²) in [4.78, 5) is 0. The number of benzene rings is 4. The zero-order valence-electron chi connectivity index (χ0n) is 24.2. The molecule has 0 atom stereocenters. The van der Waals surface area contributed by atoms with E-state index in [1.165, 1.54) is 50.1 Å². The lowest BCUT2D eigenvalue weighted by Gasteiger charge is -2.25. The maximum absolute atomic E-state index is 3.89. The molecule has 0 nitrogen and oxygen atoms in total. The van der Waals surface area contributed by atoms with Gasteiger partial charge in [-0.3, -0.25) is 0 Å². The van der Waals surface area contributed by atoms with Gasteiger partial charge in [-0.15, -0.1) is 0 Å². The van der Waals surface area contributed by atoms with Crippen molar-refractivity contribution in [3.05, 3.63) is 161 Å². The van der Waals surface area contributed by atoms with E-state index in [9.17, 15) is 0 Å². The Balaban J connectivity index is 0.000000218. The van der Waals surface area contributed by atoms with E-state index in [0.717, 1.165) is 0 Å². The van der Waals surface area contributed by atoms with Gasteiger partial charge in [0.2, 0.25) is 0 Å². The quantitative estimate of drug-likeness (QED) is 0.217. The first-order chi connectivity index (χ1) is 18.7. The van der Waals surface area contributed by atoms with Crippen LogP contribution >= 0.6 is 0 Å². The Morgan fingerprint density at radius 3 is 1.64 bits per heavy atom. The maximum Gasteiger partial charge on any atom is 0.00728 e. The number of rotatable bonds is 7. The standard InChI is InChI=1S/C21H24.C18H18/c1-6-17-13-12-16(2)19(14-17)20(21(3,4)5)15-18-10-8-7-9-11-18;1-4-15-10-6-8-12-17(15)14(3)18-13-9-7-11-16(18)5-2/h6-15H,1H2,2-5H3;4-14H,1-2H2,3H3. The number of allylic oxidation sites excluding steroid dienone is 1. The van der Waals surface area contributed by atoms with E-state index >= 15 is 0 Å². The fourth-order valence-corrected chi connectivity index (χ4v) is 4.82. The van der Waals surface area contributed by atoms with Crippen LogP contribution in [0.25, 0.3) is 29.9 Å². The number of hydrogen-bond acceptors (Lipinski definition) is 0. The van der Waals surface area contributed by atoms with Gasteiger partial charge in [-0.05, 0) is 68.5 Å². The van der Waals surface area contributed by atoms with E-state index < -0.39 is 0 Å². The molecule has 4 aromatic carbocycles. The fourth-order valence-electron chi connectivity index (χ4n) is 4.82. The van der Waals surface area contributed by atoms with Crippen LogP contribution in [0.15, 0.2) is 117 Å². The van der Waals surface area contributed by atoms with Crippen molar-refractivity contribution in [1.29, 1.82) is 0 Å². The van der Waals surface area contributed by atoms with Crippen LogP contribution in [-0.4, -0.2) is 0 Å². The van der Waals surface area contributed by atoms with Gasteiger partial charge in [0.15, 0.2) is 0 Å². The third kappa shape index (κ3) is 7.68. The molecule has 0 saturated heterocycles. The Bertz CT molecular complexity index is 1390. The molecule has 0 fully saturated rings. The zero-order chi connectivity index (χ0) is 28.4. The predicted octanol–water partition coefficient (Wildman–Crippen LogP) is 11.3. The highest BCUT2D eigenvalue weighted by Crippen LogP contribution is 2.37. The van der Waals surface area contributed by atoms with Crippen LogP contribution in [0.3, 0.4) is 0 Å². The fraction of sp³-hybridized carbons (Fsp3) is 0.179. The van der Waals surface area contributed by atoms with E-state index in [1.54, 1.807) is 0 Å². The molecule has 0 saturated carbocycles. The van der Waals surface area contributed by atoms with Crippen LogP contribution in [0.5, 0.6) is 0 Å². The van der Waals surface area contributed by atoms with Gasteiger partial charge in [0.1, 0.15) is 0 Å². The normalized spacial score (nSPS) is 11.4. The Labute approximate surface area is 236 Å². The van der Waals surface area contributed by atoms with E-state index in [1.807, 2.05) is 30.4 Å². The van der Waals surface area contributed by atoms with Gasteiger partial charge in [-0.1, -0.05) is 163 Å². The van der Waals surface area contributed by atoms with Crippen LogP contribution in [-0.2, 0) is 0 Å². The molecule has 39 heavy (non-hydrogen) atoms. The van der Waals surface area contributed by atoms with Gasteiger partial charge in [0, 0.05) is 5.92 Å². The van der Waals surface area contributed by atoms with Crippen molar-refractivity contribution < 1.29 is 0 Å². The molecule has 0 N–H and O–H groups in total. The second-order valence-corrected chi connectivity index (χ2v) is 10.9. The van der Waals surface area contributed by atoms with Gasteiger partial charge < -0.3 is 0 Å². The summed E-state index contributed by atoms with van der Waals surface area (Å²) in [5.41, 5.74) is 11.5. The SMILES string of the molecule is C=Cc1ccc(C)c(C(=Cc2ccccc2)C(C)(C)C)c1.C=Cc1ccccc1C(C)c1ccccc1C=C. The van der Waals surface area contributed by atoms with E-state index in [0.29, 0.717) is 5.92 Å². The van der Waals surface area contributed by atoms with E-state index in [2.05, 4.69) is 145 Å². The van der Waals surface area contributed by atoms with E-state index in [4.69, 9.17) is 0 Å². The molecule has 0 amide bonds. The topological polar surface area (TPSA) is 0 Å². The lowest BCUT2D eigenvalue weighted by Crippen LogP contribution is -2.09. The second kappa shape index (κ2) is 13.6. The Morgan fingerprint density at radius 1 is 0.641 bits per heavy atom. The van der Waals surface area contributed by atoms with Crippen molar-refractivity contribution in [2.75, 3.05) is 0 Å². The number of aryl methyl sites for hydroxylation is 1. The monoisotopic (exact) mass is 510 g/mol. The molecular formula is C39H42. The Kier molecular flexibility index (Phi) is 10.2. The Hall–Kier alpha value is -4.16. The molecule has 0 bridgehead atoms. The first-order valence-electron chi connectivity index (χ1n) is 13.6. The summed E-state index contributed by atoms with van der Waals surface area (Å²) in [6.45, 7) is 22.9. The minimum Gasteiger partial charge on any atom is -0.0985 e. The third-order valence-electron chi connectivity index (χ3n) is 7.07. The van der Waals surface area contributed by atoms with Crippen molar-refractivity contribution in [2.24, 2.45) is 5.41 Å². The van der Waals surface area contributed by atoms with Crippen molar-refractivity contribution in [3.8, 4) is 0 Å². The molecular weight excluding hydrogens is 468 g/mol. The van der Waals surface area contributed by atoms with Gasteiger partial charge >= 0.3 is 0 Å². The smallest absolute Gasteiger partial charge is 0.00728 e. The van der Waals surface area contributed by atoms with Gasteiger partial charge in [-0.2, -0.15) is 0 Å². The highest BCUT2D eigenvalue weighted by Gasteiger charge is 2.20. The molecule has 0 aromatic heterocycles. The third-order valence-corrected chi connectivity index (χ3v) is 7.07. The molecule has 0 heteroatoms. The maximum atomic E-state index is 3.89. The second-order valence-electron chi connectivity index (χ2n) is 10.9. The average molecular weight is 511 g/mol. The lowest BCUT2D eigenvalue weighted by molar-refractivity contribution is 0.568. The first kappa shape index (κ1) is 29.4. The zero-order valence-corrected chi connectivity index (χ0v) is 24.2. The van der Waals surface area contributed by atoms with E-state index in [-0.39, 0.29) is 5.41 Å². The van der Waals surface area contributed by atoms with Crippen LogP contribution in [0.2, 0.25) is 0 Å². The van der Waals surface area contributed by atoms with Gasteiger partial charge in [0.25, 0.3) is 0 Å². The summed E-state index contributed by atoms with van der Waals surface area (Å²) in [5, 5.41) is 0. The van der Waals surface area contributed by atoms with Crippen LogP contribution in [0, 0.1) is 12.3 Å². The first-order valence-corrected chi connectivity index (χ1v) is 13.6. The van der Waals surface area contributed by atoms with Crippen molar-refractivity contribution in [1.82, 2.24) is 0 Å². The molecule has 0 spiro atoms. The summed E-state index contributed by atoms with van der Waals surface area (Å²) in [5.74, 6) is 0.341. The molecule has 4 aromatic rings. The molecule has 198 valence electrons. The lowest BCUT2D eigenvalue weighted by atomic mass is 9.79. The van der Waals surface area contributed by atoms with Crippen molar-refractivity contribution in [3.63, 3.8) is 0 Å². The molecule has 0 aliphatic heterocycles. The predicted molar refractivity (Wildman–Crippen MR) is 176 cm³/mol. The van der Waals surface area contributed by atoms with Crippen LogP contribution in [0.4, 0.5) is 0 Å². The number of hydrogen-bond donors (Lipinski definition) is 0. The average Bonchev–Trinajstić information content (AvgIpc) is 2.96. The molecule has 0 heterocycles. The summed E-state index contributed by atoms with van der Waals surface area (Å²) in [6.07, 6.45) is 8.05. The molecule has 0 radical (unpaired) electrons. The van der Waals surface area contributed by atoms with Crippen molar-refractivity contribution in [2.45, 2.75) is 40.5 Å². The van der Waals surface area contributed by atoms with Crippen molar-refractivity contribution >= 4 is 29.9 Å². The Morgan fingerprint density at radius 2 is 1.15 bits per heavy atom. The highest BCUT2D eigenvalue weighted by molar-refractivity contribution is 5.86. The highest BCUT2D eigenvalue weighted by atomic mass is 14.2. The summed E-state index contributed by atoms with van der Waals surface area (Å²) < 4.78 is 0. The van der Waals surface area contributed by atoms with Gasteiger partial charge in [0.05, 0.1) is 0 Å². The largest absolute Gasteiger partial charge is 0.0985 e. The molecule has 0 unspecified atom stereocenters.